The molecule has 0 aliphatic heterocycles. The van der Waals surface area contributed by atoms with Crippen LogP contribution in [-0.2, 0) is 0 Å². The Morgan fingerprint density at radius 2 is 1.00 bits per heavy atom. The summed E-state index contributed by atoms with van der Waals surface area (Å²) in [6.07, 6.45) is 6.55. The number of rotatable bonds is 8. The molecule has 0 radical (unpaired) electrons. The van der Waals surface area contributed by atoms with Crippen LogP contribution >= 0.6 is 24.8 Å². The molecular weight excluding hydrogens is 411 g/mol. The number of halogens is 2. The maximum atomic E-state index is 7.14. The first-order valence-electron chi connectivity index (χ1n) is 7.53. The van der Waals surface area contributed by atoms with Gasteiger partial charge in [0.05, 0.1) is 0 Å². The topological polar surface area (TPSA) is 118 Å². The Kier molecular flexibility index (Phi) is 17.0. The molecule has 29 heavy (non-hydrogen) atoms. The normalized spacial score (nSPS) is 9.38. The van der Waals surface area contributed by atoms with Gasteiger partial charge in [0.2, 0.25) is 6.79 Å². The number of ether oxygens (including phenoxy) is 2. The van der Waals surface area contributed by atoms with Crippen molar-refractivity contribution < 1.29 is 9.47 Å². The molecule has 8 heteroatoms. The van der Waals surface area contributed by atoms with Crippen LogP contribution in [0.15, 0.2) is 60.7 Å². The van der Waals surface area contributed by atoms with Gasteiger partial charge in [-0.15, -0.1) is 24.8 Å². The molecule has 6 N–H and O–H groups in total. The third-order valence-corrected chi connectivity index (χ3v) is 3.12. The molecule has 0 aliphatic carbocycles. The van der Waals surface area contributed by atoms with Crippen LogP contribution in [0.25, 0.3) is 12.2 Å². The SMILES string of the molecule is C.C.Cl.Cl.N=C(N)C=Cc1ccc(OCOc2ccc(C=CC(=N)N)cc2)cc1. The van der Waals surface area contributed by atoms with Crippen molar-refractivity contribution in [2.45, 2.75) is 14.9 Å². The summed E-state index contributed by atoms with van der Waals surface area (Å²) in [5.74, 6) is 1.38. The fourth-order valence-electron chi connectivity index (χ4n) is 1.89. The van der Waals surface area contributed by atoms with Crippen molar-refractivity contribution in [3.63, 3.8) is 0 Å². The quantitative estimate of drug-likeness (QED) is 0.258. The van der Waals surface area contributed by atoms with Crippen LogP contribution < -0.4 is 20.9 Å². The highest BCUT2D eigenvalue weighted by molar-refractivity contribution is 5.93. The number of hydrogen-bond donors (Lipinski definition) is 4. The van der Waals surface area contributed by atoms with E-state index in [1.54, 1.807) is 12.2 Å². The summed E-state index contributed by atoms with van der Waals surface area (Å²) in [5, 5.41) is 14.3. The minimum atomic E-state index is 0. The maximum Gasteiger partial charge on any atom is 0.230 e. The Hall–Kier alpha value is -2.96. The number of nitrogens with one attached hydrogen (secondary N) is 2. The molecule has 160 valence electrons. The Morgan fingerprint density at radius 1 is 0.690 bits per heavy atom. The van der Waals surface area contributed by atoms with Crippen LogP contribution in [0.5, 0.6) is 11.5 Å². The molecule has 0 bridgehead atoms. The van der Waals surface area contributed by atoms with Gasteiger partial charge in [-0.2, -0.15) is 0 Å². The predicted molar refractivity (Wildman–Crippen MR) is 129 cm³/mol. The van der Waals surface area contributed by atoms with E-state index in [0.717, 1.165) is 11.1 Å². The molecule has 0 saturated carbocycles. The first kappa shape index (κ1) is 30.8. The second-order valence-electron chi connectivity index (χ2n) is 5.12. The van der Waals surface area contributed by atoms with Crippen molar-refractivity contribution in [1.82, 2.24) is 0 Å². The molecule has 0 spiro atoms. The third-order valence-electron chi connectivity index (χ3n) is 3.12. The van der Waals surface area contributed by atoms with Gasteiger partial charge in [0.25, 0.3) is 0 Å². The van der Waals surface area contributed by atoms with E-state index in [0.29, 0.717) is 11.5 Å². The molecule has 6 nitrogen and oxygen atoms in total. The lowest BCUT2D eigenvalue weighted by Crippen LogP contribution is -2.05. The molecule has 0 atom stereocenters. The average Bonchev–Trinajstić information content (AvgIpc) is 2.60. The van der Waals surface area contributed by atoms with Crippen molar-refractivity contribution in [2.24, 2.45) is 11.5 Å². The lowest BCUT2D eigenvalue weighted by Gasteiger charge is -2.09. The second-order valence-corrected chi connectivity index (χ2v) is 5.12. The van der Waals surface area contributed by atoms with E-state index in [-0.39, 0.29) is 58.1 Å². The minimum absolute atomic E-state index is 0. The number of hydrogen-bond acceptors (Lipinski definition) is 4. The number of amidine groups is 2. The zero-order chi connectivity index (χ0) is 18.1. The van der Waals surface area contributed by atoms with E-state index >= 15 is 0 Å². The molecule has 2 aromatic carbocycles. The lowest BCUT2D eigenvalue weighted by molar-refractivity contribution is 0.120. The van der Waals surface area contributed by atoms with E-state index < -0.39 is 0 Å². The Bertz CT molecular complexity index is 722. The van der Waals surface area contributed by atoms with Crippen molar-refractivity contribution in [3.05, 3.63) is 71.8 Å². The molecule has 2 rings (SSSR count). The van der Waals surface area contributed by atoms with E-state index in [1.165, 1.54) is 12.2 Å². The fourth-order valence-corrected chi connectivity index (χ4v) is 1.89. The van der Waals surface area contributed by atoms with Crippen molar-refractivity contribution in [3.8, 4) is 11.5 Å². The Labute approximate surface area is 185 Å². The molecular formula is C21H30Cl2N4O2. The van der Waals surface area contributed by atoms with Crippen LogP contribution in [0.1, 0.15) is 26.0 Å². The van der Waals surface area contributed by atoms with E-state index in [4.69, 9.17) is 31.8 Å². The van der Waals surface area contributed by atoms with Gasteiger partial charge < -0.3 is 20.9 Å². The molecule has 2 aromatic rings. The first-order valence-corrected chi connectivity index (χ1v) is 7.53. The largest absolute Gasteiger partial charge is 0.458 e. The highest BCUT2D eigenvalue weighted by atomic mass is 35.5. The Balaban J connectivity index is -0.00000169. The van der Waals surface area contributed by atoms with Gasteiger partial charge in [-0.3, -0.25) is 10.8 Å². The van der Waals surface area contributed by atoms with Crippen molar-refractivity contribution in [1.29, 1.82) is 10.8 Å². The van der Waals surface area contributed by atoms with Crippen LogP contribution in [0.4, 0.5) is 0 Å². The van der Waals surface area contributed by atoms with E-state index in [9.17, 15) is 0 Å². The van der Waals surface area contributed by atoms with Crippen molar-refractivity contribution >= 4 is 48.6 Å². The molecule has 0 heterocycles. The summed E-state index contributed by atoms with van der Waals surface area (Å²) >= 11 is 0. The summed E-state index contributed by atoms with van der Waals surface area (Å²) in [6.45, 7) is 0.0886. The van der Waals surface area contributed by atoms with Crippen LogP contribution in [0.3, 0.4) is 0 Å². The highest BCUT2D eigenvalue weighted by Crippen LogP contribution is 2.16. The molecule has 0 amide bonds. The minimum Gasteiger partial charge on any atom is -0.458 e. The molecule has 0 saturated heterocycles. The summed E-state index contributed by atoms with van der Waals surface area (Å²) in [6, 6.07) is 14.7. The highest BCUT2D eigenvalue weighted by Gasteiger charge is 1.97. The fraction of sp³-hybridized carbons (Fsp3) is 0.143. The summed E-state index contributed by atoms with van der Waals surface area (Å²) < 4.78 is 11.1. The van der Waals surface area contributed by atoms with Gasteiger partial charge in [0.1, 0.15) is 23.2 Å². The zero-order valence-corrected chi connectivity index (χ0v) is 16.1. The van der Waals surface area contributed by atoms with E-state index in [1.807, 2.05) is 48.5 Å². The van der Waals surface area contributed by atoms with Gasteiger partial charge in [0.15, 0.2) is 0 Å². The van der Waals surface area contributed by atoms with Gasteiger partial charge >= 0.3 is 0 Å². The molecule has 0 aliphatic rings. The smallest absolute Gasteiger partial charge is 0.230 e. The van der Waals surface area contributed by atoms with Crippen LogP contribution in [0, 0.1) is 10.8 Å². The van der Waals surface area contributed by atoms with Gasteiger partial charge in [-0.05, 0) is 47.5 Å². The monoisotopic (exact) mass is 440 g/mol. The van der Waals surface area contributed by atoms with Gasteiger partial charge in [-0.1, -0.05) is 51.3 Å². The predicted octanol–water partition coefficient (Wildman–Crippen LogP) is 5.12. The maximum absolute atomic E-state index is 7.14. The number of nitrogens with two attached hydrogens (primary N) is 2. The van der Waals surface area contributed by atoms with Crippen LogP contribution in [0.2, 0.25) is 0 Å². The van der Waals surface area contributed by atoms with E-state index in [2.05, 4.69) is 0 Å². The first-order chi connectivity index (χ1) is 12.0. The second kappa shape index (κ2) is 16.0. The van der Waals surface area contributed by atoms with Crippen LogP contribution in [-0.4, -0.2) is 18.5 Å². The Morgan fingerprint density at radius 3 is 1.28 bits per heavy atom. The molecule has 0 unspecified atom stereocenters. The molecule has 0 fully saturated rings. The van der Waals surface area contributed by atoms with Crippen molar-refractivity contribution in [2.75, 3.05) is 6.79 Å². The standard InChI is InChI=1S/C19H20N4O2.2CH4.2ClH/c20-18(21)11-5-14-1-7-16(8-2-14)24-13-25-17-9-3-15(4-10-17)6-12-19(22)23;;;;/h1-12H,13H2,(H3,20,21)(H3,22,23);2*1H4;2*1H. The number of benzene rings is 2. The van der Waals surface area contributed by atoms with Gasteiger partial charge in [0, 0.05) is 0 Å². The average molecular weight is 441 g/mol. The van der Waals surface area contributed by atoms with Gasteiger partial charge in [-0.25, -0.2) is 0 Å². The summed E-state index contributed by atoms with van der Waals surface area (Å²) in [7, 11) is 0. The zero-order valence-electron chi connectivity index (χ0n) is 14.4. The third kappa shape index (κ3) is 12.2. The summed E-state index contributed by atoms with van der Waals surface area (Å²) in [4.78, 5) is 0. The summed E-state index contributed by atoms with van der Waals surface area (Å²) in [5.41, 5.74) is 12.4. The molecule has 0 aromatic heterocycles. The lowest BCUT2D eigenvalue weighted by atomic mass is 10.2.